The fourth-order valence-electron chi connectivity index (χ4n) is 2.97. The smallest absolute Gasteiger partial charge is 0.225 e. The minimum absolute atomic E-state index is 0.102. The molecule has 2 N–H and O–H groups in total. The van der Waals surface area contributed by atoms with Gasteiger partial charge in [-0.05, 0) is 25.0 Å². The zero-order chi connectivity index (χ0) is 19.0. The quantitative estimate of drug-likeness (QED) is 0.672. The molecule has 4 rings (SSSR count). The van der Waals surface area contributed by atoms with Gasteiger partial charge in [0, 0.05) is 18.7 Å². The molecule has 0 radical (unpaired) electrons. The minimum atomic E-state index is -0.565. The third-order valence-electron chi connectivity index (χ3n) is 4.35. The van der Waals surface area contributed by atoms with Crippen LogP contribution in [-0.4, -0.2) is 38.8 Å². The highest BCUT2D eigenvalue weighted by molar-refractivity contribution is 6.36. The Hall–Kier alpha value is -2.16. The highest BCUT2D eigenvalue weighted by Crippen LogP contribution is 2.32. The summed E-state index contributed by atoms with van der Waals surface area (Å²) in [4.78, 5) is 13.3. The molecule has 1 aromatic carbocycles. The molecule has 3 aromatic rings. The Morgan fingerprint density at radius 2 is 2.15 bits per heavy atom. The van der Waals surface area contributed by atoms with Gasteiger partial charge in [-0.1, -0.05) is 23.2 Å². The average Bonchev–Trinajstić information content (AvgIpc) is 2.95. The number of rotatable bonds is 4. The summed E-state index contributed by atoms with van der Waals surface area (Å²) in [5.41, 5.74) is 1.29. The van der Waals surface area contributed by atoms with E-state index in [9.17, 15) is 4.39 Å². The number of fused-ring (bicyclic) bond motifs is 1. The van der Waals surface area contributed by atoms with Crippen LogP contribution in [0.2, 0.25) is 10.0 Å². The van der Waals surface area contributed by atoms with E-state index in [0.717, 1.165) is 19.4 Å². The third kappa shape index (κ3) is 3.78. The Balaban J connectivity index is 1.62. The molecule has 1 atom stereocenters. The lowest BCUT2D eigenvalue weighted by Crippen LogP contribution is -2.30. The number of nitrogens with zero attached hydrogens (tertiary/aromatic N) is 4. The van der Waals surface area contributed by atoms with Gasteiger partial charge in [-0.2, -0.15) is 4.98 Å². The molecular formula is C17H17Cl2FN6O. The maximum Gasteiger partial charge on any atom is 0.225 e. The Morgan fingerprint density at radius 1 is 1.30 bits per heavy atom. The number of imidazole rings is 1. The Kier molecular flexibility index (Phi) is 5.03. The Morgan fingerprint density at radius 3 is 2.89 bits per heavy atom. The van der Waals surface area contributed by atoms with Gasteiger partial charge in [-0.3, -0.25) is 4.57 Å². The van der Waals surface area contributed by atoms with Crippen molar-refractivity contribution < 1.29 is 9.13 Å². The van der Waals surface area contributed by atoms with Crippen LogP contribution in [0.1, 0.15) is 12.8 Å². The molecule has 2 aromatic heterocycles. The van der Waals surface area contributed by atoms with Crippen molar-refractivity contribution in [1.29, 1.82) is 0 Å². The van der Waals surface area contributed by atoms with Crippen LogP contribution >= 0.6 is 23.2 Å². The van der Waals surface area contributed by atoms with E-state index in [-0.39, 0.29) is 21.8 Å². The summed E-state index contributed by atoms with van der Waals surface area (Å²) in [5, 5.41) is 6.57. The fourth-order valence-corrected chi connectivity index (χ4v) is 3.49. The van der Waals surface area contributed by atoms with E-state index in [1.807, 2.05) is 0 Å². The minimum Gasteiger partial charge on any atom is -0.379 e. The number of aryl methyl sites for hydroxylation is 1. The van der Waals surface area contributed by atoms with Gasteiger partial charge in [0.2, 0.25) is 11.9 Å². The summed E-state index contributed by atoms with van der Waals surface area (Å²) in [6.07, 6.45) is 3.64. The van der Waals surface area contributed by atoms with Gasteiger partial charge in [0.05, 0.1) is 29.6 Å². The molecule has 0 bridgehead atoms. The molecule has 7 nitrogen and oxygen atoms in total. The Labute approximate surface area is 164 Å². The first-order chi connectivity index (χ1) is 13.0. The van der Waals surface area contributed by atoms with E-state index >= 15 is 0 Å². The van der Waals surface area contributed by atoms with Gasteiger partial charge in [0.1, 0.15) is 11.3 Å². The van der Waals surface area contributed by atoms with E-state index < -0.39 is 5.82 Å². The topological polar surface area (TPSA) is 76.9 Å². The molecule has 0 amide bonds. The summed E-state index contributed by atoms with van der Waals surface area (Å²) in [6, 6.07) is 2.83. The lowest BCUT2D eigenvalue weighted by Gasteiger charge is -2.22. The first-order valence-corrected chi connectivity index (χ1v) is 9.22. The number of hydrogen-bond acceptors (Lipinski definition) is 6. The fraction of sp³-hybridized carbons (Fsp3) is 0.353. The van der Waals surface area contributed by atoms with Crippen molar-refractivity contribution in [3.8, 4) is 0 Å². The van der Waals surface area contributed by atoms with Crippen LogP contribution in [-0.2, 0) is 11.8 Å². The third-order valence-corrected chi connectivity index (χ3v) is 4.87. The van der Waals surface area contributed by atoms with Crippen LogP contribution < -0.4 is 10.6 Å². The van der Waals surface area contributed by atoms with E-state index in [1.54, 1.807) is 17.8 Å². The van der Waals surface area contributed by atoms with Crippen LogP contribution in [0, 0.1) is 5.82 Å². The molecule has 10 heteroatoms. The number of hydrogen-bond donors (Lipinski definition) is 2. The molecule has 3 heterocycles. The van der Waals surface area contributed by atoms with Crippen molar-refractivity contribution in [2.24, 2.45) is 7.05 Å². The lowest BCUT2D eigenvalue weighted by molar-refractivity contribution is 0.0874. The lowest BCUT2D eigenvalue weighted by atomic mass is 10.1. The zero-order valence-electron chi connectivity index (χ0n) is 14.5. The predicted octanol–water partition coefficient (Wildman–Crippen LogP) is 4.14. The van der Waals surface area contributed by atoms with Crippen LogP contribution in [0.3, 0.4) is 0 Å². The maximum atomic E-state index is 14.2. The molecule has 1 fully saturated rings. The molecule has 1 saturated heterocycles. The predicted molar refractivity (Wildman–Crippen MR) is 103 cm³/mol. The standard InChI is InChI=1S/C17H17Cl2FN6O/c1-26-15-13(7-21-16(25-15)22-10-3-2-4-27-8-10)23-17(26)24-14-11(19)5-9(18)6-12(14)20/h5-7,10H,2-4,8H2,1H3,(H,23,24)(H,21,22,25)/t10-/m0/s1. The van der Waals surface area contributed by atoms with Gasteiger partial charge in [0.25, 0.3) is 0 Å². The molecule has 27 heavy (non-hydrogen) atoms. The average molecular weight is 411 g/mol. The number of anilines is 3. The summed E-state index contributed by atoms with van der Waals surface area (Å²) in [7, 11) is 1.78. The van der Waals surface area contributed by atoms with Crippen molar-refractivity contribution in [3.63, 3.8) is 0 Å². The summed E-state index contributed by atoms with van der Waals surface area (Å²) < 4.78 is 21.4. The highest BCUT2D eigenvalue weighted by atomic mass is 35.5. The number of halogens is 3. The molecule has 1 aliphatic heterocycles. The summed E-state index contributed by atoms with van der Waals surface area (Å²) >= 11 is 11.9. The van der Waals surface area contributed by atoms with Crippen molar-refractivity contribution >= 4 is 51.9 Å². The number of nitrogens with one attached hydrogen (secondary N) is 2. The van der Waals surface area contributed by atoms with E-state index in [1.165, 1.54) is 12.1 Å². The number of aromatic nitrogens is 4. The van der Waals surface area contributed by atoms with Crippen LogP contribution in [0.25, 0.3) is 11.2 Å². The second-order valence-electron chi connectivity index (χ2n) is 6.32. The van der Waals surface area contributed by atoms with Crippen molar-refractivity contribution in [1.82, 2.24) is 19.5 Å². The van der Waals surface area contributed by atoms with Crippen LogP contribution in [0.4, 0.5) is 22.0 Å². The van der Waals surface area contributed by atoms with Crippen molar-refractivity contribution in [2.75, 3.05) is 23.8 Å². The van der Waals surface area contributed by atoms with Gasteiger partial charge < -0.3 is 15.4 Å². The Bertz CT molecular complexity index is 966. The molecule has 142 valence electrons. The molecule has 0 spiro atoms. The molecule has 1 aliphatic rings. The molecule has 0 unspecified atom stereocenters. The van der Waals surface area contributed by atoms with E-state index in [2.05, 4.69) is 25.6 Å². The molecular weight excluding hydrogens is 394 g/mol. The first kappa shape index (κ1) is 18.2. The van der Waals surface area contributed by atoms with Crippen molar-refractivity contribution in [3.05, 3.63) is 34.2 Å². The zero-order valence-corrected chi connectivity index (χ0v) is 16.0. The monoisotopic (exact) mass is 410 g/mol. The normalized spacial score (nSPS) is 17.3. The van der Waals surface area contributed by atoms with Gasteiger partial charge in [-0.15, -0.1) is 0 Å². The first-order valence-electron chi connectivity index (χ1n) is 8.46. The molecule has 0 saturated carbocycles. The second-order valence-corrected chi connectivity index (χ2v) is 7.17. The maximum absolute atomic E-state index is 14.2. The van der Waals surface area contributed by atoms with Gasteiger partial charge >= 0.3 is 0 Å². The largest absolute Gasteiger partial charge is 0.379 e. The number of benzene rings is 1. The van der Waals surface area contributed by atoms with E-state index in [4.69, 9.17) is 27.9 Å². The summed E-state index contributed by atoms with van der Waals surface area (Å²) in [5.74, 6) is 0.328. The van der Waals surface area contributed by atoms with Crippen LogP contribution in [0.5, 0.6) is 0 Å². The highest BCUT2D eigenvalue weighted by Gasteiger charge is 2.18. The van der Waals surface area contributed by atoms with Crippen molar-refractivity contribution in [2.45, 2.75) is 18.9 Å². The number of ether oxygens (including phenoxy) is 1. The van der Waals surface area contributed by atoms with Gasteiger partial charge in [-0.25, -0.2) is 14.4 Å². The second kappa shape index (κ2) is 7.46. The SMILES string of the molecule is Cn1c(Nc2c(F)cc(Cl)cc2Cl)nc2cnc(N[C@H]3CCCOC3)nc21. The van der Waals surface area contributed by atoms with Gasteiger partial charge in [0.15, 0.2) is 5.65 Å². The van der Waals surface area contributed by atoms with Crippen LogP contribution in [0.15, 0.2) is 18.3 Å². The van der Waals surface area contributed by atoms with E-state index in [0.29, 0.717) is 29.7 Å². The molecule has 0 aliphatic carbocycles. The summed E-state index contributed by atoms with van der Waals surface area (Å²) in [6.45, 7) is 1.42.